The number of nitrogens with two attached hydrogens (primary N) is 1. The maximum Gasteiger partial charge on any atom is 0.238 e. The highest BCUT2D eigenvalue weighted by Gasteiger charge is 2.43. The van der Waals surface area contributed by atoms with E-state index in [1.54, 1.807) is 0 Å². The number of carbonyl (C=O) groups is 1. The van der Waals surface area contributed by atoms with Crippen molar-refractivity contribution in [2.45, 2.75) is 24.3 Å². The highest BCUT2D eigenvalue weighted by Crippen LogP contribution is 2.41. The van der Waals surface area contributed by atoms with Crippen LogP contribution in [0.5, 0.6) is 0 Å². The molecule has 0 amide bonds. The Bertz CT molecular complexity index is 1020. The molecule has 136 valence electrons. The van der Waals surface area contributed by atoms with Gasteiger partial charge in [-0.1, -0.05) is 0 Å². The Hall–Kier alpha value is -2.58. The van der Waals surface area contributed by atoms with Gasteiger partial charge >= 0.3 is 0 Å². The third-order valence-electron chi connectivity index (χ3n) is 3.95. The van der Waals surface area contributed by atoms with Gasteiger partial charge in [0.05, 0.1) is 10.5 Å². The van der Waals surface area contributed by atoms with E-state index in [0.29, 0.717) is 11.6 Å². The largest absolute Gasteiger partial charge is 0.478 e. The van der Waals surface area contributed by atoms with Crippen molar-refractivity contribution in [1.29, 1.82) is 0 Å². The van der Waals surface area contributed by atoms with Crippen LogP contribution in [0.2, 0.25) is 0 Å². The zero-order valence-corrected chi connectivity index (χ0v) is 14.7. The molecular weight excluding hydrogens is 364 g/mol. The molecule has 0 aromatic heterocycles. The molecule has 8 heteroatoms. The number of hydrogen-bond acceptors (Lipinski definition) is 4. The Balaban J connectivity index is 2.20. The second-order valence-corrected chi connectivity index (χ2v) is 7.93. The van der Waals surface area contributed by atoms with Crippen LogP contribution >= 0.6 is 0 Å². The number of sulfonamides is 1. The molecule has 0 spiro atoms. The van der Waals surface area contributed by atoms with Crippen LogP contribution in [0.1, 0.15) is 25.0 Å². The zero-order valence-electron chi connectivity index (χ0n) is 13.9. The van der Waals surface area contributed by atoms with Crippen molar-refractivity contribution in [1.82, 2.24) is 0 Å². The molecule has 2 N–H and O–H groups in total. The fourth-order valence-corrected chi connectivity index (χ4v) is 3.23. The van der Waals surface area contributed by atoms with Gasteiger partial charge < -0.3 is 4.74 Å². The summed E-state index contributed by atoms with van der Waals surface area (Å²) in [5.41, 5.74) is -0.775. The second-order valence-electron chi connectivity index (χ2n) is 6.37. The molecule has 0 aliphatic carbocycles. The van der Waals surface area contributed by atoms with Crippen LogP contribution in [0.3, 0.4) is 0 Å². The number of carbonyl (C=O) groups excluding carboxylic acids is 1. The van der Waals surface area contributed by atoms with Crippen molar-refractivity contribution >= 4 is 27.1 Å². The van der Waals surface area contributed by atoms with Gasteiger partial charge in [0.25, 0.3) is 0 Å². The SMILES string of the molecule is CC1(C)OC(c2ccc(S(N)(=O)=O)cc2)=C(c2cc(F)cc(F)c2)C1=O. The van der Waals surface area contributed by atoms with Crippen molar-refractivity contribution in [3.63, 3.8) is 0 Å². The molecule has 1 aliphatic heterocycles. The lowest BCUT2D eigenvalue weighted by atomic mass is 9.92. The summed E-state index contributed by atoms with van der Waals surface area (Å²) < 4.78 is 55.7. The van der Waals surface area contributed by atoms with Crippen LogP contribution in [0, 0.1) is 11.6 Å². The first kappa shape index (κ1) is 18.2. The summed E-state index contributed by atoms with van der Waals surface area (Å²) in [6, 6.07) is 8.15. The molecule has 0 atom stereocenters. The Morgan fingerprint density at radius 3 is 2.00 bits per heavy atom. The Kier molecular flexibility index (Phi) is 4.20. The summed E-state index contributed by atoms with van der Waals surface area (Å²) in [5.74, 6) is -1.97. The first-order chi connectivity index (χ1) is 12.0. The van der Waals surface area contributed by atoms with Crippen LogP contribution in [0.25, 0.3) is 11.3 Å². The van der Waals surface area contributed by atoms with Gasteiger partial charge in [-0.2, -0.15) is 0 Å². The molecular formula is C18H15F2NO4S. The molecule has 1 heterocycles. The van der Waals surface area contributed by atoms with E-state index >= 15 is 0 Å². The normalized spacial score (nSPS) is 16.7. The maximum absolute atomic E-state index is 13.6. The number of ether oxygens (including phenoxy) is 1. The van der Waals surface area contributed by atoms with E-state index in [1.807, 2.05) is 0 Å². The van der Waals surface area contributed by atoms with E-state index < -0.39 is 33.0 Å². The topological polar surface area (TPSA) is 86.5 Å². The van der Waals surface area contributed by atoms with Crippen molar-refractivity contribution in [3.8, 4) is 0 Å². The summed E-state index contributed by atoms with van der Waals surface area (Å²) in [7, 11) is -3.88. The van der Waals surface area contributed by atoms with Gasteiger partial charge in [0.1, 0.15) is 17.4 Å². The number of rotatable bonds is 3. The van der Waals surface area contributed by atoms with Crippen molar-refractivity contribution in [3.05, 3.63) is 65.2 Å². The first-order valence-electron chi connectivity index (χ1n) is 7.57. The summed E-state index contributed by atoms with van der Waals surface area (Å²) in [6.07, 6.45) is 0. The molecule has 5 nitrogen and oxygen atoms in total. The van der Waals surface area contributed by atoms with Crippen LogP contribution in [0.15, 0.2) is 47.4 Å². The molecule has 0 unspecified atom stereocenters. The van der Waals surface area contributed by atoms with Gasteiger partial charge in [-0.25, -0.2) is 22.3 Å². The molecule has 0 bridgehead atoms. The minimum absolute atomic E-state index is 0.0248. The van der Waals surface area contributed by atoms with Crippen molar-refractivity contribution in [2.24, 2.45) is 5.14 Å². The van der Waals surface area contributed by atoms with Gasteiger partial charge in [-0.3, -0.25) is 4.79 Å². The van der Waals surface area contributed by atoms with Crippen molar-refractivity contribution < 1.29 is 26.7 Å². The number of halogens is 2. The zero-order chi connectivity index (χ0) is 19.3. The van der Waals surface area contributed by atoms with E-state index in [0.717, 1.165) is 12.1 Å². The highest BCUT2D eigenvalue weighted by atomic mass is 32.2. The molecule has 2 aromatic carbocycles. The minimum Gasteiger partial charge on any atom is -0.478 e. The molecule has 26 heavy (non-hydrogen) atoms. The van der Waals surface area contributed by atoms with Crippen LogP contribution in [-0.4, -0.2) is 19.8 Å². The Labute approximate surface area is 149 Å². The van der Waals surface area contributed by atoms with Gasteiger partial charge in [-0.15, -0.1) is 0 Å². The standard InChI is InChI=1S/C18H15F2NO4S/c1-18(2)17(22)15(11-7-12(19)9-13(20)8-11)16(25-18)10-3-5-14(6-4-10)26(21,23)24/h3-9H,1-2H3,(H2,21,23,24). The number of benzene rings is 2. The van der Waals surface area contributed by atoms with E-state index in [4.69, 9.17) is 9.88 Å². The molecule has 0 fully saturated rings. The number of primary sulfonamides is 1. The molecule has 0 radical (unpaired) electrons. The molecule has 0 saturated carbocycles. The van der Waals surface area contributed by atoms with Gasteiger partial charge in [-0.05, 0) is 55.8 Å². The predicted octanol–water partition coefficient (Wildman–Crippen LogP) is 2.86. The smallest absolute Gasteiger partial charge is 0.238 e. The lowest BCUT2D eigenvalue weighted by Gasteiger charge is -2.17. The van der Waals surface area contributed by atoms with Gasteiger partial charge in [0, 0.05) is 11.6 Å². The Morgan fingerprint density at radius 1 is 0.962 bits per heavy atom. The monoisotopic (exact) mass is 379 g/mol. The van der Waals surface area contributed by atoms with E-state index in [9.17, 15) is 22.0 Å². The average Bonchev–Trinajstić information content (AvgIpc) is 2.76. The molecule has 0 saturated heterocycles. The summed E-state index contributed by atoms with van der Waals surface area (Å²) in [4.78, 5) is 12.6. The van der Waals surface area contributed by atoms with Gasteiger partial charge in [0.2, 0.25) is 15.8 Å². The summed E-state index contributed by atoms with van der Waals surface area (Å²) in [5, 5.41) is 5.07. The van der Waals surface area contributed by atoms with E-state index in [2.05, 4.69) is 0 Å². The lowest BCUT2D eigenvalue weighted by Crippen LogP contribution is -2.29. The Morgan fingerprint density at radius 2 is 1.50 bits per heavy atom. The second kappa shape index (κ2) is 6.00. The van der Waals surface area contributed by atoms with Crippen LogP contribution in [0.4, 0.5) is 8.78 Å². The van der Waals surface area contributed by atoms with Gasteiger partial charge in [0.15, 0.2) is 5.60 Å². The fourth-order valence-electron chi connectivity index (χ4n) is 2.72. The molecule has 2 aromatic rings. The van der Waals surface area contributed by atoms with Crippen LogP contribution in [-0.2, 0) is 19.6 Å². The van der Waals surface area contributed by atoms with Crippen LogP contribution < -0.4 is 5.14 Å². The fraction of sp³-hybridized carbons (Fsp3) is 0.167. The summed E-state index contributed by atoms with van der Waals surface area (Å²) >= 11 is 0. The summed E-state index contributed by atoms with van der Waals surface area (Å²) in [6.45, 7) is 3.08. The minimum atomic E-state index is -3.88. The lowest BCUT2D eigenvalue weighted by molar-refractivity contribution is -0.125. The maximum atomic E-state index is 13.6. The third-order valence-corrected chi connectivity index (χ3v) is 4.88. The number of Topliss-reactive ketones (excluding diaryl/α,β-unsaturated/α-hetero) is 1. The first-order valence-corrected chi connectivity index (χ1v) is 9.11. The molecule has 1 aliphatic rings. The number of ketones is 1. The predicted molar refractivity (Wildman–Crippen MR) is 91.2 cm³/mol. The average molecular weight is 379 g/mol. The quantitative estimate of drug-likeness (QED) is 0.888. The highest BCUT2D eigenvalue weighted by molar-refractivity contribution is 7.89. The van der Waals surface area contributed by atoms with Crippen molar-refractivity contribution in [2.75, 3.05) is 0 Å². The van der Waals surface area contributed by atoms with E-state index in [1.165, 1.54) is 38.1 Å². The van der Waals surface area contributed by atoms with E-state index in [-0.39, 0.29) is 21.8 Å². The molecule has 3 rings (SSSR count). The number of hydrogen-bond donors (Lipinski definition) is 1. The third kappa shape index (κ3) is 3.25.